The Morgan fingerprint density at radius 3 is 2.13 bits per heavy atom. The number of aliphatic carboxylic acids is 2. The molecule has 3 aromatic rings. The Morgan fingerprint density at radius 1 is 0.851 bits per heavy atom. The second-order valence-corrected chi connectivity index (χ2v) is 11.3. The summed E-state index contributed by atoms with van der Waals surface area (Å²) in [5, 5.41) is 37.1. The van der Waals surface area contributed by atoms with E-state index in [2.05, 4.69) is 26.3 Å². The van der Waals surface area contributed by atoms with Gasteiger partial charge in [-0.05, 0) is 54.2 Å². The van der Waals surface area contributed by atoms with E-state index in [1.54, 1.807) is 18.3 Å². The number of benzene rings is 2. The first-order valence-electron chi connectivity index (χ1n) is 14.4. The third-order valence-electron chi connectivity index (χ3n) is 6.57. The number of phenols is 1. The predicted molar refractivity (Wildman–Crippen MR) is 176 cm³/mol. The molecule has 1 aromatic heterocycles. The molecule has 0 fully saturated rings. The molecule has 0 radical (unpaired) electrons. The Hall–Kier alpha value is -5.09. The van der Waals surface area contributed by atoms with Gasteiger partial charge in [0.2, 0.25) is 23.6 Å². The molecule has 47 heavy (non-hydrogen) atoms. The number of carbonyl (C=O) groups is 6. The Bertz CT molecular complexity index is 1530. The predicted octanol–water partition coefficient (Wildman–Crippen LogP) is 0.117. The van der Waals surface area contributed by atoms with Crippen LogP contribution in [-0.2, 0) is 41.6 Å². The highest BCUT2D eigenvalue weighted by molar-refractivity contribution is 7.98. The number of amides is 4. The molecule has 0 spiro atoms. The molecule has 0 aliphatic heterocycles. The lowest BCUT2D eigenvalue weighted by Gasteiger charge is -2.21. The van der Waals surface area contributed by atoms with Gasteiger partial charge in [0.15, 0.2) is 0 Å². The van der Waals surface area contributed by atoms with Crippen LogP contribution >= 0.6 is 11.8 Å². The molecule has 4 amide bonds. The molecule has 0 saturated heterocycles. The van der Waals surface area contributed by atoms with E-state index < -0.39 is 66.8 Å². The number of hydrogen-bond donors (Lipinski definition) is 9. The van der Waals surface area contributed by atoms with Crippen molar-refractivity contribution in [2.75, 3.05) is 25.1 Å². The third kappa shape index (κ3) is 13.8. The number of nitrogens with two attached hydrogens (primary N) is 1. The van der Waals surface area contributed by atoms with Gasteiger partial charge in [-0.15, -0.1) is 0 Å². The van der Waals surface area contributed by atoms with Gasteiger partial charge >= 0.3 is 5.97 Å². The molecular formula is C31H40N6O9S. The van der Waals surface area contributed by atoms with E-state index in [9.17, 15) is 34.2 Å². The molecule has 0 aliphatic carbocycles. The number of H-pyrrole nitrogens is 1. The van der Waals surface area contributed by atoms with Crippen LogP contribution < -0.4 is 27.0 Å². The van der Waals surface area contributed by atoms with Crippen LogP contribution in [0.1, 0.15) is 24.5 Å². The van der Waals surface area contributed by atoms with E-state index in [0.29, 0.717) is 5.75 Å². The molecule has 0 saturated carbocycles. The topological polar surface area (TPSA) is 253 Å². The van der Waals surface area contributed by atoms with Crippen molar-refractivity contribution in [3.05, 3.63) is 65.9 Å². The number of carboxylic acid groups (broad SMARTS) is 2. The van der Waals surface area contributed by atoms with Gasteiger partial charge in [0, 0.05) is 30.4 Å². The number of carbonyl (C=O) groups excluding carboxylic acids is 4. The Morgan fingerprint density at radius 2 is 1.49 bits per heavy atom. The molecular weight excluding hydrogens is 632 g/mol. The largest absolute Gasteiger partial charge is 0.508 e. The van der Waals surface area contributed by atoms with Crippen LogP contribution in [-0.4, -0.2) is 99.1 Å². The van der Waals surface area contributed by atoms with Crippen molar-refractivity contribution in [2.45, 2.75) is 44.3 Å². The van der Waals surface area contributed by atoms with E-state index in [0.717, 1.165) is 29.0 Å². The van der Waals surface area contributed by atoms with Gasteiger partial charge in [-0.1, -0.05) is 30.3 Å². The summed E-state index contributed by atoms with van der Waals surface area (Å²) < 4.78 is 0. The number of aromatic amines is 1. The van der Waals surface area contributed by atoms with Gasteiger partial charge < -0.3 is 47.3 Å². The lowest BCUT2D eigenvalue weighted by atomic mass is 10.0. The molecule has 254 valence electrons. The number of aromatic hydroxyl groups is 1. The van der Waals surface area contributed by atoms with Crippen LogP contribution in [0, 0.1) is 0 Å². The number of hydrogen-bond acceptors (Lipinski definition) is 9. The standard InChI is InChI=1S/C29H36N6O7S.C2H4O2/c1-43-11-10-23(29(41)42)35-28(40)24(13-18-14-31-22-5-3-2-4-20(18)22)34-26(38)16-32-25(37)15-33-27(39)21(30)12-17-6-8-19(36)9-7-17;1-2(3)4/h2-9,14,21,23-24,31,36H,10-13,15-16,30H2,1H3,(H,32,37)(H,33,39)(H,34,38)(H,35,40)(H,41,42);1H3,(H,3,4)/t21-,23-,24-;/m0./s1. The monoisotopic (exact) mass is 672 g/mol. The Kier molecular flexibility index (Phi) is 15.7. The SMILES string of the molecule is CC(=O)O.CSCC[C@H](NC(=O)[C@H](Cc1c[nH]c2ccccc12)NC(=O)CNC(=O)CNC(=O)[C@@H](N)Cc1ccc(O)cc1)C(=O)O. The zero-order valence-electron chi connectivity index (χ0n) is 25.9. The van der Waals surface area contributed by atoms with Crippen LogP contribution in [0.15, 0.2) is 54.7 Å². The summed E-state index contributed by atoms with van der Waals surface area (Å²) in [4.78, 5) is 74.3. The van der Waals surface area contributed by atoms with Crippen LogP contribution in [0.2, 0.25) is 0 Å². The molecule has 15 nitrogen and oxygen atoms in total. The summed E-state index contributed by atoms with van der Waals surface area (Å²) in [6.45, 7) is 0.172. The van der Waals surface area contributed by atoms with E-state index >= 15 is 0 Å². The Labute approximate surface area is 275 Å². The van der Waals surface area contributed by atoms with Gasteiger partial charge in [-0.2, -0.15) is 11.8 Å². The normalized spacial score (nSPS) is 12.4. The lowest BCUT2D eigenvalue weighted by molar-refractivity contribution is -0.142. The maximum Gasteiger partial charge on any atom is 0.326 e. The smallest absolute Gasteiger partial charge is 0.326 e. The second kappa shape index (κ2) is 19.4. The highest BCUT2D eigenvalue weighted by atomic mass is 32.2. The fourth-order valence-corrected chi connectivity index (χ4v) is 4.73. The van der Waals surface area contributed by atoms with Crippen molar-refractivity contribution in [1.82, 2.24) is 26.3 Å². The number of carboxylic acids is 2. The fraction of sp³-hybridized carbons (Fsp3) is 0.355. The first kappa shape index (κ1) is 38.1. The maximum atomic E-state index is 13.2. The van der Waals surface area contributed by atoms with Crippen molar-refractivity contribution < 1.29 is 44.1 Å². The van der Waals surface area contributed by atoms with Crippen LogP contribution in [0.25, 0.3) is 10.9 Å². The number of para-hydroxylation sites is 1. The maximum absolute atomic E-state index is 13.2. The molecule has 0 unspecified atom stereocenters. The molecule has 0 aliphatic rings. The summed E-state index contributed by atoms with van der Waals surface area (Å²) >= 11 is 1.45. The Balaban J connectivity index is 0.00000181. The average molecular weight is 673 g/mol. The van der Waals surface area contributed by atoms with E-state index in [1.165, 1.54) is 23.9 Å². The van der Waals surface area contributed by atoms with Crippen molar-refractivity contribution >= 4 is 58.2 Å². The quantitative estimate of drug-likeness (QED) is 0.0988. The summed E-state index contributed by atoms with van der Waals surface area (Å²) in [6.07, 6.45) is 4.01. The van der Waals surface area contributed by atoms with E-state index in [4.69, 9.17) is 15.6 Å². The first-order valence-corrected chi connectivity index (χ1v) is 15.8. The number of rotatable bonds is 16. The number of nitrogens with one attached hydrogen (secondary N) is 5. The molecule has 16 heteroatoms. The van der Waals surface area contributed by atoms with Crippen LogP contribution in [0.5, 0.6) is 5.75 Å². The third-order valence-corrected chi connectivity index (χ3v) is 7.22. The second-order valence-electron chi connectivity index (χ2n) is 10.4. The summed E-state index contributed by atoms with van der Waals surface area (Å²) in [7, 11) is 0. The van der Waals surface area contributed by atoms with Gasteiger partial charge in [0.05, 0.1) is 19.1 Å². The first-order chi connectivity index (χ1) is 22.3. The van der Waals surface area contributed by atoms with E-state index in [-0.39, 0.29) is 25.0 Å². The van der Waals surface area contributed by atoms with Crippen LogP contribution in [0.3, 0.4) is 0 Å². The highest BCUT2D eigenvalue weighted by Gasteiger charge is 2.27. The minimum Gasteiger partial charge on any atom is -0.508 e. The van der Waals surface area contributed by atoms with Crippen LogP contribution in [0.4, 0.5) is 0 Å². The van der Waals surface area contributed by atoms with Gasteiger partial charge in [-0.25, -0.2) is 4.79 Å². The highest BCUT2D eigenvalue weighted by Crippen LogP contribution is 2.19. The molecule has 3 atom stereocenters. The zero-order valence-corrected chi connectivity index (χ0v) is 26.8. The zero-order chi connectivity index (χ0) is 34.9. The van der Waals surface area contributed by atoms with Crippen molar-refractivity contribution in [1.29, 1.82) is 0 Å². The van der Waals surface area contributed by atoms with Crippen molar-refractivity contribution in [2.24, 2.45) is 5.73 Å². The summed E-state index contributed by atoms with van der Waals surface area (Å²) in [6, 6.07) is 10.4. The van der Waals surface area contributed by atoms with Gasteiger partial charge in [0.1, 0.15) is 17.8 Å². The molecule has 1 heterocycles. The number of thioether (sulfide) groups is 1. The van der Waals surface area contributed by atoms with E-state index in [1.807, 2.05) is 30.5 Å². The van der Waals surface area contributed by atoms with Gasteiger partial charge in [0.25, 0.3) is 5.97 Å². The minimum atomic E-state index is -1.18. The average Bonchev–Trinajstić information content (AvgIpc) is 3.43. The molecule has 0 bridgehead atoms. The van der Waals surface area contributed by atoms with Gasteiger partial charge in [-0.3, -0.25) is 24.0 Å². The molecule has 3 rings (SSSR count). The summed E-state index contributed by atoms with van der Waals surface area (Å²) in [5.74, 6) is -3.99. The lowest BCUT2D eigenvalue weighted by Crippen LogP contribution is -2.54. The number of fused-ring (bicyclic) bond motifs is 1. The minimum absolute atomic E-state index is 0.0688. The van der Waals surface area contributed by atoms with Crippen molar-refractivity contribution in [3.8, 4) is 5.75 Å². The fourth-order valence-electron chi connectivity index (χ4n) is 4.26. The molecule has 10 N–H and O–H groups in total. The summed E-state index contributed by atoms with van der Waals surface area (Å²) in [5.41, 5.74) is 8.20. The van der Waals surface area contributed by atoms with Crippen molar-refractivity contribution in [3.63, 3.8) is 0 Å². The number of phenolic OH excluding ortho intramolecular Hbond substituents is 1. The molecule has 2 aromatic carbocycles. The number of aromatic nitrogens is 1.